The fourth-order valence-corrected chi connectivity index (χ4v) is 2.67. The molecule has 0 aromatic carbocycles. The lowest BCUT2D eigenvalue weighted by Crippen LogP contribution is -2.10. The van der Waals surface area contributed by atoms with Crippen molar-refractivity contribution in [2.24, 2.45) is 0 Å². The third kappa shape index (κ3) is 3.35. The molecule has 0 rings (SSSR count). The molecule has 0 saturated heterocycles. The van der Waals surface area contributed by atoms with Crippen molar-refractivity contribution >= 4 is 24.5 Å². The fraction of sp³-hybridized carbons (Fsp3) is 0.667. The van der Waals surface area contributed by atoms with Gasteiger partial charge in [0, 0.05) is 19.3 Å². The Hall–Kier alpha value is -0.560. The van der Waals surface area contributed by atoms with Gasteiger partial charge in [-0.05, 0) is 0 Å². The van der Waals surface area contributed by atoms with Crippen molar-refractivity contribution in [1.82, 2.24) is 0 Å². The van der Waals surface area contributed by atoms with E-state index < -0.39 is 7.92 Å². The first-order valence-corrected chi connectivity index (χ1v) is 5.81. The van der Waals surface area contributed by atoms with Crippen LogP contribution in [0.4, 0.5) is 0 Å². The molecule has 0 radical (unpaired) electrons. The molecule has 3 nitrogen and oxygen atoms in total. The molecule has 0 aliphatic heterocycles. The molecule has 0 aliphatic rings. The van der Waals surface area contributed by atoms with Gasteiger partial charge in [-0.3, -0.25) is 14.4 Å². The molecule has 0 aliphatic carbocycles. The minimum Gasteiger partial charge on any atom is -0.294 e. The quantitative estimate of drug-likeness (QED) is 0.621. The molecule has 0 heterocycles. The molecular formula is C9H15O3P. The molecule has 0 aromatic rings. The molecule has 74 valence electrons. The number of carbonyl (C=O) groups excluding carboxylic acids is 3. The van der Waals surface area contributed by atoms with Crippen LogP contribution in [0.15, 0.2) is 0 Å². The fourth-order valence-electron chi connectivity index (χ4n) is 0.892. The Morgan fingerprint density at radius 2 is 1.00 bits per heavy atom. The van der Waals surface area contributed by atoms with Crippen molar-refractivity contribution < 1.29 is 14.4 Å². The summed E-state index contributed by atoms with van der Waals surface area (Å²) in [6.07, 6.45) is 0.843. The van der Waals surface area contributed by atoms with Gasteiger partial charge in [-0.15, -0.1) is 0 Å². The Morgan fingerprint density at radius 1 is 0.769 bits per heavy atom. The van der Waals surface area contributed by atoms with Crippen LogP contribution in [0, 0.1) is 0 Å². The largest absolute Gasteiger partial charge is 0.294 e. The highest BCUT2D eigenvalue weighted by Gasteiger charge is 2.29. The number of hydrogen-bond acceptors (Lipinski definition) is 3. The molecule has 4 heteroatoms. The lowest BCUT2D eigenvalue weighted by molar-refractivity contribution is -0.116. The second-order valence-corrected chi connectivity index (χ2v) is 4.74. The summed E-state index contributed by atoms with van der Waals surface area (Å²) in [7, 11) is -1.66. The maximum atomic E-state index is 11.3. The van der Waals surface area contributed by atoms with Gasteiger partial charge in [0.25, 0.3) is 0 Å². The lowest BCUT2D eigenvalue weighted by atomic mass is 10.5. The predicted octanol–water partition coefficient (Wildman–Crippen LogP) is 2.28. The van der Waals surface area contributed by atoms with Crippen LogP contribution < -0.4 is 0 Å². The van der Waals surface area contributed by atoms with Crippen LogP contribution in [-0.2, 0) is 14.4 Å². The highest BCUT2D eigenvalue weighted by Crippen LogP contribution is 2.41. The van der Waals surface area contributed by atoms with Crippen molar-refractivity contribution in [3.63, 3.8) is 0 Å². The molecule has 0 spiro atoms. The minimum absolute atomic E-state index is 0.186. The van der Waals surface area contributed by atoms with Crippen molar-refractivity contribution in [3.8, 4) is 0 Å². The SMILES string of the molecule is CCC(=O)P(C(=O)CC)C(=O)CC. The van der Waals surface area contributed by atoms with Crippen LogP contribution in [0.1, 0.15) is 40.0 Å². The summed E-state index contributed by atoms with van der Waals surface area (Å²) in [5.74, 6) is 0. The average molecular weight is 202 g/mol. The second kappa shape index (κ2) is 5.98. The van der Waals surface area contributed by atoms with Crippen LogP contribution in [0.2, 0.25) is 0 Å². The second-order valence-electron chi connectivity index (χ2n) is 2.58. The Kier molecular flexibility index (Phi) is 5.72. The van der Waals surface area contributed by atoms with E-state index in [0.717, 1.165) is 0 Å². The van der Waals surface area contributed by atoms with E-state index in [1.165, 1.54) is 0 Å². The summed E-state index contributed by atoms with van der Waals surface area (Å²) in [5.41, 5.74) is -0.559. The van der Waals surface area contributed by atoms with E-state index >= 15 is 0 Å². The summed E-state index contributed by atoms with van der Waals surface area (Å²) in [6.45, 7) is 5.05. The van der Waals surface area contributed by atoms with E-state index in [9.17, 15) is 14.4 Å². The summed E-state index contributed by atoms with van der Waals surface area (Å²) < 4.78 is 0. The molecule has 0 aromatic heterocycles. The third-order valence-corrected chi connectivity index (χ3v) is 4.10. The van der Waals surface area contributed by atoms with Crippen LogP contribution in [0.3, 0.4) is 0 Å². The molecule has 0 saturated carbocycles. The average Bonchev–Trinajstić information content (AvgIpc) is 2.16. The third-order valence-electron chi connectivity index (χ3n) is 1.66. The van der Waals surface area contributed by atoms with E-state index in [4.69, 9.17) is 0 Å². The zero-order chi connectivity index (χ0) is 10.4. The normalized spacial score (nSPS) is 10.2. The number of carbonyl (C=O) groups is 3. The van der Waals surface area contributed by atoms with E-state index in [2.05, 4.69) is 0 Å². The van der Waals surface area contributed by atoms with Gasteiger partial charge in [0.2, 0.25) is 0 Å². The summed E-state index contributed by atoms with van der Waals surface area (Å²) in [5, 5.41) is 0. The summed E-state index contributed by atoms with van der Waals surface area (Å²) in [4.78, 5) is 33.9. The van der Waals surface area contributed by atoms with E-state index in [1.54, 1.807) is 20.8 Å². The first-order chi connectivity index (χ1) is 6.08. The zero-order valence-electron chi connectivity index (χ0n) is 8.29. The molecule has 0 amide bonds. The highest BCUT2D eigenvalue weighted by molar-refractivity contribution is 8.01. The van der Waals surface area contributed by atoms with Gasteiger partial charge in [0.05, 0.1) is 0 Å². The Morgan fingerprint density at radius 3 is 1.15 bits per heavy atom. The van der Waals surface area contributed by atoms with Gasteiger partial charge in [-0.1, -0.05) is 20.8 Å². The van der Waals surface area contributed by atoms with Crippen molar-refractivity contribution in [3.05, 3.63) is 0 Å². The predicted molar refractivity (Wildman–Crippen MR) is 52.8 cm³/mol. The molecule has 0 unspecified atom stereocenters. The van der Waals surface area contributed by atoms with E-state index in [-0.39, 0.29) is 35.8 Å². The van der Waals surface area contributed by atoms with Gasteiger partial charge in [-0.2, -0.15) is 0 Å². The summed E-state index contributed by atoms with van der Waals surface area (Å²) in [6, 6.07) is 0. The van der Waals surface area contributed by atoms with Crippen molar-refractivity contribution in [1.29, 1.82) is 0 Å². The Labute approximate surface area is 79.6 Å². The Balaban J connectivity index is 4.64. The number of hydrogen-bond donors (Lipinski definition) is 0. The van der Waals surface area contributed by atoms with Gasteiger partial charge in [-0.25, -0.2) is 0 Å². The van der Waals surface area contributed by atoms with E-state index in [0.29, 0.717) is 0 Å². The maximum Gasteiger partial charge on any atom is 0.169 e. The highest BCUT2D eigenvalue weighted by atomic mass is 31.1. The maximum absolute atomic E-state index is 11.3. The lowest BCUT2D eigenvalue weighted by Gasteiger charge is -2.09. The monoisotopic (exact) mass is 202 g/mol. The molecule has 0 fully saturated rings. The minimum atomic E-state index is -1.66. The first-order valence-electron chi connectivity index (χ1n) is 4.47. The zero-order valence-corrected chi connectivity index (χ0v) is 9.19. The standard InChI is InChI=1S/C9H15O3P/c1-4-7(10)13(8(11)5-2)9(12)6-3/h4-6H2,1-3H3. The molecule has 0 bridgehead atoms. The smallest absolute Gasteiger partial charge is 0.169 e. The molecule has 0 atom stereocenters. The van der Waals surface area contributed by atoms with Crippen LogP contribution >= 0.6 is 7.92 Å². The van der Waals surface area contributed by atoms with Gasteiger partial charge in [0.15, 0.2) is 16.6 Å². The van der Waals surface area contributed by atoms with Gasteiger partial charge >= 0.3 is 0 Å². The van der Waals surface area contributed by atoms with Gasteiger partial charge in [0.1, 0.15) is 7.92 Å². The Bertz CT molecular complexity index is 185. The summed E-state index contributed by atoms with van der Waals surface area (Å²) >= 11 is 0. The molecule has 13 heavy (non-hydrogen) atoms. The first kappa shape index (κ1) is 12.4. The van der Waals surface area contributed by atoms with Crippen LogP contribution in [0.5, 0.6) is 0 Å². The van der Waals surface area contributed by atoms with Crippen molar-refractivity contribution in [2.45, 2.75) is 40.0 Å². The van der Waals surface area contributed by atoms with E-state index in [1.807, 2.05) is 0 Å². The molecule has 0 N–H and O–H groups in total. The van der Waals surface area contributed by atoms with Crippen molar-refractivity contribution in [2.75, 3.05) is 0 Å². The van der Waals surface area contributed by atoms with Crippen LogP contribution in [0.25, 0.3) is 0 Å². The number of rotatable bonds is 6. The topological polar surface area (TPSA) is 51.2 Å². The molecular weight excluding hydrogens is 187 g/mol. The van der Waals surface area contributed by atoms with Gasteiger partial charge < -0.3 is 0 Å². The van der Waals surface area contributed by atoms with Crippen LogP contribution in [-0.4, -0.2) is 16.6 Å².